The molecule has 1 aromatic rings. The van der Waals surface area contributed by atoms with Crippen molar-refractivity contribution in [2.45, 2.75) is 66.5 Å². The van der Waals surface area contributed by atoms with Gasteiger partial charge in [0.05, 0.1) is 6.10 Å². The minimum absolute atomic E-state index is 0.172. The van der Waals surface area contributed by atoms with Gasteiger partial charge in [0.15, 0.2) is 0 Å². The Balaban J connectivity index is 2.29. The average Bonchev–Trinajstić information content (AvgIpc) is 2.63. The van der Waals surface area contributed by atoms with Gasteiger partial charge in [-0.2, -0.15) is 0 Å². The number of aliphatic hydroxyl groups excluding tert-OH is 1. The Morgan fingerprint density at radius 1 is 1.43 bits per heavy atom. The molecule has 1 aliphatic rings. The molecule has 0 aromatic carbocycles. The highest BCUT2D eigenvalue weighted by molar-refractivity contribution is 5.33. The van der Waals surface area contributed by atoms with Crippen LogP contribution in [0.1, 0.15) is 63.6 Å². The number of hydrogen-bond donors (Lipinski definition) is 1. The summed E-state index contributed by atoms with van der Waals surface area (Å²) in [6, 6.07) is 2.18. The number of ether oxygens (including phenoxy) is 1. The lowest BCUT2D eigenvalue weighted by Gasteiger charge is -2.35. The Kier molecular flexibility index (Phi) is 4.55. The van der Waals surface area contributed by atoms with Crippen molar-refractivity contribution in [3.8, 4) is 0 Å². The van der Waals surface area contributed by atoms with Crippen LogP contribution in [0.15, 0.2) is 6.07 Å². The van der Waals surface area contributed by atoms with E-state index in [0.717, 1.165) is 38.0 Å². The maximum Gasteiger partial charge on any atom is 0.0812 e. The molecule has 1 unspecified atom stereocenters. The van der Waals surface area contributed by atoms with E-state index in [2.05, 4.69) is 45.3 Å². The molecule has 1 heterocycles. The van der Waals surface area contributed by atoms with Gasteiger partial charge in [-0.3, -0.25) is 0 Å². The summed E-state index contributed by atoms with van der Waals surface area (Å²) >= 11 is 0. The third-order valence-corrected chi connectivity index (χ3v) is 4.77. The first-order valence-corrected chi connectivity index (χ1v) is 8.01. The lowest BCUT2D eigenvalue weighted by molar-refractivity contribution is 0.0960. The first kappa shape index (κ1) is 16.6. The summed E-state index contributed by atoms with van der Waals surface area (Å²) < 4.78 is 7.67. The van der Waals surface area contributed by atoms with Crippen LogP contribution in [0.4, 0.5) is 0 Å². The number of aromatic nitrogens is 1. The molecular formula is C18H31NO2. The second-order valence-corrected chi connectivity index (χ2v) is 8.24. The van der Waals surface area contributed by atoms with Gasteiger partial charge in [0.25, 0.3) is 0 Å². The molecule has 0 amide bonds. The molecule has 2 rings (SSSR count). The highest BCUT2D eigenvalue weighted by atomic mass is 16.5. The molecule has 3 heteroatoms. The second kappa shape index (κ2) is 5.77. The highest BCUT2D eigenvalue weighted by Gasteiger charge is 2.35. The van der Waals surface area contributed by atoms with E-state index in [9.17, 15) is 5.11 Å². The van der Waals surface area contributed by atoms with Crippen LogP contribution in [0.5, 0.6) is 0 Å². The molecule has 0 saturated heterocycles. The van der Waals surface area contributed by atoms with Gasteiger partial charge in [-0.15, -0.1) is 0 Å². The lowest BCUT2D eigenvalue weighted by atomic mass is 9.75. The van der Waals surface area contributed by atoms with E-state index in [-0.39, 0.29) is 16.9 Å². The highest BCUT2D eigenvalue weighted by Crippen LogP contribution is 2.42. The first-order valence-electron chi connectivity index (χ1n) is 8.01. The predicted octanol–water partition coefficient (Wildman–Crippen LogP) is 3.87. The molecule has 0 aliphatic heterocycles. The number of methoxy groups -OCH3 is 1. The molecule has 0 radical (unpaired) electrons. The molecular weight excluding hydrogens is 262 g/mol. The van der Waals surface area contributed by atoms with Gasteiger partial charge in [-0.05, 0) is 43.1 Å². The van der Waals surface area contributed by atoms with E-state index >= 15 is 0 Å². The standard InChI is InChI=1S/C18H31NO2/c1-13-9-14-15(10-18(4,5)11-16(14)20)19(13)12-17(2,3)7-8-21-6/h9,16,20H,7-8,10-12H2,1-6H3. The van der Waals surface area contributed by atoms with Crippen molar-refractivity contribution in [3.05, 3.63) is 23.0 Å². The second-order valence-electron chi connectivity index (χ2n) is 8.24. The first-order chi connectivity index (χ1) is 9.65. The summed E-state index contributed by atoms with van der Waals surface area (Å²) in [4.78, 5) is 0. The summed E-state index contributed by atoms with van der Waals surface area (Å²) in [5.41, 5.74) is 4.12. The fourth-order valence-electron chi connectivity index (χ4n) is 3.51. The van der Waals surface area contributed by atoms with Crippen LogP contribution in [0.25, 0.3) is 0 Å². The molecule has 1 N–H and O–H groups in total. The summed E-state index contributed by atoms with van der Waals surface area (Å²) in [5, 5.41) is 10.4. The maximum absolute atomic E-state index is 10.4. The quantitative estimate of drug-likeness (QED) is 0.894. The molecule has 0 bridgehead atoms. The molecule has 0 saturated carbocycles. The van der Waals surface area contributed by atoms with Crippen LogP contribution < -0.4 is 0 Å². The summed E-state index contributed by atoms with van der Waals surface area (Å²) in [7, 11) is 1.76. The number of nitrogens with zero attached hydrogens (tertiary/aromatic N) is 1. The van der Waals surface area contributed by atoms with Crippen LogP contribution in [-0.4, -0.2) is 23.4 Å². The Bertz CT molecular complexity index is 500. The minimum atomic E-state index is -0.314. The smallest absolute Gasteiger partial charge is 0.0812 e. The number of fused-ring (bicyclic) bond motifs is 1. The van der Waals surface area contributed by atoms with Crippen molar-refractivity contribution >= 4 is 0 Å². The van der Waals surface area contributed by atoms with Crippen LogP contribution in [0.3, 0.4) is 0 Å². The molecule has 1 aliphatic carbocycles. The predicted molar refractivity (Wildman–Crippen MR) is 86.5 cm³/mol. The normalized spacial score (nSPS) is 21.4. The Morgan fingerprint density at radius 2 is 2.10 bits per heavy atom. The molecule has 1 atom stereocenters. The zero-order valence-electron chi connectivity index (χ0n) is 14.5. The third-order valence-electron chi connectivity index (χ3n) is 4.77. The van der Waals surface area contributed by atoms with Crippen molar-refractivity contribution in [1.29, 1.82) is 0 Å². The van der Waals surface area contributed by atoms with Gasteiger partial charge in [0.1, 0.15) is 0 Å². The van der Waals surface area contributed by atoms with Crippen molar-refractivity contribution < 1.29 is 9.84 Å². The fourth-order valence-corrected chi connectivity index (χ4v) is 3.51. The van der Waals surface area contributed by atoms with Crippen molar-refractivity contribution in [2.24, 2.45) is 10.8 Å². The molecule has 120 valence electrons. The van der Waals surface area contributed by atoms with E-state index in [1.54, 1.807) is 7.11 Å². The van der Waals surface area contributed by atoms with Gasteiger partial charge in [-0.25, -0.2) is 0 Å². The SMILES string of the molecule is COCCC(C)(C)Cn1c(C)cc2c1CC(C)(C)CC2O. The largest absolute Gasteiger partial charge is 0.388 e. The van der Waals surface area contributed by atoms with E-state index in [4.69, 9.17) is 4.74 Å². The zero-order chi connectivity index (χ0) is 15.8. The van der Waals surface area contributed by atoms with Crippen LogP contribution in [0.2, 0.25) is 0 Å². The molecule has 0 fully saturated rings. The average molecular weight is 293 g/mol. The third kappa shape index (κ3) is 3.70. The van der Waals surface area contributed by atoms with Crippen molar-refractivity contribution in [1.82, 2.24) is 4.57 Å². The number of aliphatic hydroxyl groups is 1. The van der Waals surface area contributed by atoms with E-state index in [0.29, 0.717) is 0 Å². The Hall–Kier alpha value is -0.800. The van der Waals surface area contributed by atoms with Gasteiger partial charge < -0.3 is 14.4 Å². The van der Waals surface area contributed by atoms with E-state index < -0.39 is 0 Å². The topological polar surface area (TPSA) is 34.4 Å². The van der Waals surface area contributed by atoms with Gasteiger partial charge >= 0.3 is 0 Å². The fraction of sp³-hybridized carbons (Fsp3) is 0.778. The van der Waals surface area contributed by atoms with E-state index in [1.165, 1.54) is 11.4 Å². The minimum Gasteiger partial charge on any atom is -0.388 e. The number of rotatable bonds is 5. The van der Waals surface area contributed by atoms with Crippen LogP contribution >= 0.6 is 0 Å². The van der Waals surface area contributed by atoms with Crippen LogP contribution in [0, 0.1) is 17.8 Å². The van der Waals surface area contributed by atoms with E-state index in [1.807, 2.05) is 0 Å². The van der Waals surface area contributed by atoms with Crippen molar-refractivity contribution in [3.63, 3.8) is 0 Å². The van der Waals surface area contributed by atoms with Gasteiger partial charge in [-0.1, -0.05) is 27.7 Å². The van der Waals surface area contributed by atoms with Crippen molar-refractivity contribution in [2.75, 3.05) is 13.7 Å². The molecule has 3 nitrogen and oxygen atoms in total. The Labute approximate surface area is 129 Å². The Morgan fingerprint density at radius 3 is 2.71 bits per heavy atom. The van der Waals surface area contributed by atoms with Gasteiger partial charge in [0.2, 0.25) is 0 Å². The molecule has 21 heavy (non-hydrogen) atoms. The van der Waals surface area contributed by atoms with Crippen LogP contribution in [-0.2, 0) is 17.7 Å². The number of hydrogen-bond acceptors (Lipinski definition) is 2. The summed E-state index contributed by atoms with van der Waals surface area (Å²) in [5.74, 6) is 0. The van der Waals surface area contributed by atoms with Gasteiger partial charge in [0, 0.05) is 37.2 Å². The maximum atomic E-state index is 10.4. The lowest BCUT2D eigenvalue weighted by Crippen LogP contribution is -2.29. The molecule has 0 spiro atoms. The summed E-state index contributed by atoms with van der Waals surface area (Å²) in [6.45, 7) is 13.0. The zero-order valence-corrected chi connectivity index (χ0v) is 14.5. The molecule has 1 aromatic heterocycles. The number of aryl methyl sites for hydroxylation is 1. The monoisotopic (exact) mass is 293 g/mol. The summed E-state index contributed by atoms with van der Waals surface area (Å²) in [6.07, 6.45) is 2.64.